The fourth-order valence-corrected chi connectivity index (χ4v) is 5.00. The number of nitrogens with zero attached hydrogens (tertiary/aromatic N) is 1. The van der Waals surface area contributed by atoms with Crippen LogP contribution in [0, 0.1) is 31.6 Å². The molecule has 4 rings (SSSR count). The van der Waals surface area contributed by atoms with Crippen molar-refractivity contribution < 1.29 is 14.3 Å². The van der Waals surface area contributed by atoms with Crippen LogP contribution in [0.3, 0.4) is 0 Å². The molecule has 28 heavy (non-hydrogen) atoms. The van der Waals surface area contributed by atoms with E-state index in [0.717, 1.165) is 49.2 Å². The first kappa shape index (κ1) is 19.4. The Morgan fingerprint density at radius 1 is 1.07 bits per heavy atom. The number of rotatable bonds is 5. The highest BCUT2D eigenvalue weighted by Gasteiger charge is 2.44. The summed E-state index contributed by atoms with van der Waals surface area (Å²) in [5.74, 6) is 1.75. The van der Waals surface area contributed by atoms with Crippen molar-refractivity contribution in [2.75, 3.05) is 19.7 Å². The molecule has 0 spiro atoms. The van der Waals surface area contributed by atoms with Gasteiger partial charge in [-0.2, -0.15) is 0 Å². The third-order valence-corrected chi connectivity index (χ3v) is 6.50. The molecule has 2 amide bonds. The van der Waals surface area contributed by atoms with Crippen molar-refractivity contribution in [2.24, 2.45) is 17.8 Å². The maximum absolute atomic E-state index is 13.1. The molecule has 1 heterocycles. The van der Waals surface area contributed by atoms with Crippen LogP contribution in [-0.4, -0.2) is 48.6 Å². The lowest BCUT2D eigenvalue weighted by molar-refractivity contribution is -0.122. The van der Waals surface area contributed by atoms with Gasteiger partial charge in [0.2, 0.25) is 5.91 Å². The molecular formula is C23H32N2O3. The Kier molecular flexibility index (Phi) is 5.46. The molecule has 2 aliphatic carbocycles. The number of fused-ring (bicyclic) bond motifs is 1. The molecule has 0 bridgehead atoms. The van der Waals surface area contributed by atoms with Gasteiger partial charge in [-0.25, -0.2) is 0 Å². The predicted octanol–water partition coefficient (Wildman–Crippen LogP) is 3.09. The monoisotopic (exact) mass is 384 g/mol. The van der Waals surface area contributed by atoms with E-state index in [1.807, 2.05) is 30.9 Å². The molecule has 4 atom stereocenters. The molecule has 1 aliphatic heterocycles. The van der Waals surface area contributed by atoms with Gasteiger partial charge in [0.15, 0.2) is 0 Å². The summed E-state index contributed by atoms with van der Waals surface area (Å²) in [6.07, 6.45) is 4.43. The second-order valence-corrected chi connectivity index (χ2v) is 9.20. The third-order valence-electron chi connectivity index (χ3n) is 6.50. The highest BCUT2D eigenvalue weighted by molar-refractivity contribution is 5.94. The largest absolute Gasteiger partial charge is 0.376 e. The van der Waals surface area contributed by atoms with Gasteiger partial charge in [0.05, 0.1) is 12.1 Å². The molecule has 152 valence electrons. The van der Waals surface area contributed by atoms with Gasteiger partial charge >= 0.3 is 0 Å². The van der Waals surface area contributed by atoms with Crippen LogP contribution in [0.2, 0.25) is 0 Å². The van der Waals surface area contributed by atoms with Gasteiger partial charge in [-0.05, 0) is 69.4 Å². The third kappa shape index (κ3) is 4.40. The minimum absolute atomic E-state index is 0.00429. The summed E-state index contributed by atoms with van der Waals surface area (Å²) in [7, 11) is 0. The molecule has 0 aromatic heterocycles. The van der Waals surface area contributed by atoms with Crippen molar-refractivity contribution in [1.82, 2.24) is 10.2 Å². The Balaban J connectivity index is 1.44. The van der Waals surface area contributed by atoms with Crippen molar-refractivity contribution in [3.05, 3.63) is 34.9 Å². The van der Waals surface area contributed by atoms with Gasteiger partial charge in [-0.1, -0.05) is 17.2 Å². The van der Waals surface area contributed by atoms with Gasteiger partial charge < -0.3 is 15.0 Å². The van der Waals surface area contributed by atoms with Crippen molar-refractivity contribution in [3.63, 3.8) is 0 Å². The summed E-state index contributed by atoms with van der Waals surface area (Å²) in [6.45, 7) is 8.03. The maximum atomic E-state index is 13.1. The summed E-state index contributed by atoms with van der Waals surface area (Å²) in [4.78, 5) is 26.8. The Hall–Kier alpha value is -1.88. The van der Waals surface area contributed by atoms with E-state index in [1.165, 1.54) is 12.8 Å². The van der Waals surface area contributed by atoms with Crippen LogP contribution in [0.1, 0.15) is 54.1 Å². The van der Waals surface area contributed by atoms with E-state index in [4.69, 9.17) is 4.74 Å². The number of ether oxygens (including phenoxy) is 1. The zero-order valence-corrected chi connectivity index (χ0v) is 17.2. The summed E-state index contributed by atoms with van der Waals surface area (Å²) < 4.78 is 6.22. The molecule has 3 aliphatic rings. The molecule has 1 saturated heterocycles. The Bertz CT molecular complexity index is 738. The quantitative estimate of drug-likeness (QED) is 0.849. The van der Waals surface area contributed by atoms with Crippen LogP contribution in [0.15, 0.2) is 18.2 Å². The molecule has 3 fully saturated rings. The van der Waals surface area contributed by atoms with Crippen molar-refractivity contribution in [2.45, 2.75) is 58.6 Å². The van der Waals surface area contributed by atoms with E-state index in [2.05, 4.69) is 11.4 Å². The predicted molar refractivity (Wildman–Crippen MR) is 108 cm³/mol. The lowest BCUT2D eigenvalue weighted by Crippen LogP contribution is -2.50. The molecule has 5 heteroatoms. The molecule has 0 unspecified atom stereocenters. The average molecular weight is 385 g/mol. The van der Waals surface area contributed by atoms with Gasteiger partial charge in [0.1, 0.15) is 0 Å². The number of hydrogen-bond donors (Lipinski definition) is 1. The first-order valence-electron chi connectivity index (χ1n) is 10.7. The maximum Gasteiger partial charge on any atom is 0.253 e. The summed E-state index contributed by atoms with van der Waals surface area (Å²) in [5, 5.41) is 3.11. The number of likely N-dealkylation sites (tertiary alicyclic amines) is 1. The Labute approximate surface area is 167 Å². The SMILES string of the molecule is CC(=O)N[C@@H]1C[C@@H]2CN(C(=O)c3cc(C)cc(C)c3)C[C@@H]2C[C@H]1OCC1CC1. The van der Waals surface area contributed by atoms with Gasteiger partial charge in [0, 0.05) is 32.2 Å². The van der Waals surface area contributed by atoms with E-state index in [1.54, 1.807) is 6.92 Å². The number of benzene rings is 1. The van der Waals surface area contributed by atoms with E-state index in [0.29, 0.717) is 17.8 Å². The number of amides is 2. The Morgan fingerprint density at radius 3 is 2.32 bits per heavy atom. The first-order valence-corrected chi connectivity index (χ1v) is 10.7. The average Bonchev–Trinajstić information content (AvgIpc) is 3.36. The Morgan fingerprint density at radius 2 is 1.71 bits per heavy atom. The standard InChI is InChI=1S/C23H32N2O3/c1-14-6-15(2)8-18(7-14)23(27)25-11-19-9-21(24-16(3)26)22(10-20(19)12-25)28-13-17-4-5-17/h6-8,17,19-22H,4-5,9-13H2,1-3H3,(H,24,26)/t19-,20+,21-,22-/m1/s1. The molecule has 2 saturated carbocycles. The number of aryl methyl sites for hydroxylation is 2. The molecule has 1 aromatic rings. The molecule has 0 radical (unpaired) electrons. The van der Waals surface area contributed by atoms with E-state index in [-0.39, 0.29) is 24.0 Å². The zero-order chi connectivity index (χ0) is 19.8. The fourth-order valence-electron chi connectivity index (χ4n) is 5.00. The topological polar surface area (TPSA) is 58.6 Å². The van der Waals surface area contributed by atoms with E-state index in [9.17, 15) is 9.59 Å². The van der Waals surface area contributed by atoms with E-state index >= 15 is 0 Å². The highest BCUT2D eigenvalue weighted by Crippen LogP contribution is 2.39. The second-order valence-electron chi connectivity index (χ2n) is 9.20. The summed E-state index contributed by atoms with van der Waals surface area (Å²) in [5.41, 5.74) is 3.04. The lowest BCUT2D eigenvalue weighted by atomic mass is 9.77. The minimum Gasteiger partial charge on any atom is -0.376 e. The number of carbonyl (C=O) groups excluding carboxylic acids is 2. The number of nitrogens with one attached hydrogen (secondary N) is 1. The lowest BCUT2D eigenvalue weighted by Gasteiger charge is -2.38. The fraction of sp³-hybridized carbons (Fsp3) is 0.652. The van der Waals surface area contributed by atoms with Crippen LogP contribution in [0.25, 0.3) is 0 Å². The smallest absolute Gasteiger partial charge is 0.253 e. The number of hydrogen-bond acceptors (Lipinski definition) is 3. The molecule has 5 nitrogen and oxygen atoms in total. The van der Waals surface area contributed by atoms with Crippen LogP contribution in [0.5, 0.6) is 0 Å². The summed E-state index contributed by atoms with van der Waals surface area (Å²) in [6, 6.07) is 6.13. The normalized spacial score (nSPS) is 29.5. The number of carbonyl (C=O) groups is 2. The van der Waals surface area contributed by atoms with Gasteiger partial charge in [0.25, 0.3) is 5.91 Å². The van der Waals surface area contributed by atoms with Gasteiger partial charge in [-0.3, -0.25) is 9.59 Å². The van der Waals surface area contributed by atoms with Crippen molar-refractivity contribution in [3.8, 4) is 0 Å². The molecule has 1 N–H and O–H groups in total. The zero-order valence-electron chi connectivity index (χ0n) is 17.2. The molecular weight excluding hydrogens is 352 g/mol. The van der Waals surface area contributed by atoms with Crippen molar-refractivity contribution >= 4 is 11.8 Å². The second kappa shape index (κ2) is 7.86. The van der Waals surface area contributed by atoms with Crippen LogP contribution in [-0.2, 0) is 9.53 Å². The van der Waals surface area contributed by atoms with Crippen LogP contribution >= 0.6 is 0 Å². The van der Waals surface area contributed by atoms with Gasteiger partial charge in [-0.15, -0.1) is 0 Å². The van der Waals surface area contributed by atoms with E-state index < -0.39 is 0 Å². The van der Waals surface area contributed by atoms with Crippen molar-refractivity contribution in [1.29, 1.82) is 0 Å². The first-order chi connectivity index (χ1) is 13.4. The molecule has 1 aromatic carbocycles. The van der Waals surface area contributed by atoms with Crippen LogP contribution < -0.4 is 5.32 Å². The summed E-state index contributed by atoms with van der Waals surface area (Å²) >= 11 is 0. The minimum atomic E-state index is 0.00429. The highest BCUT2D eigenvalue weighted by atomic mass is 16.5. The van der Waals surface area contributed by atoms with Crippen LogP contribution in [0.4, 0.5) is 0 Å².